The van der Waals surface area contributed by atoms with Crippen LogP contribution in [0.4, 0.5) is 0 Å². The number of nitrogens with one attached hydrogen (secondary N) is 1. The van der Waals surface area contributed by atoms with Crippen LogP contribution in [0.2, 0.25) is 0 Å². The molecule has 0 spiro atoms. The summed E-state index contributed by atoms with van der Waals surface area (Å²) in [6.45, 7) is 3.72. The second-order valence-electron chi connectivity index (χ2n) is 2.56. The van der Waals surface area contributed by atoms with Crippen molar-refractivity contribution in [2.24, 2.45) is 0 Å². The number of hydrogen-bond acceptors (Lipinski definition) is 3. The molecule has 0 amide bonds. The molecule has 0 saturated heterocycles. The van der Waals surface area contributed by atoms with Crippen LogP contribution in [0.25, 0.3) is 0 Å². The Kier molecular flexibility index (Phi) is 4.81. The van der Waals surface area contributed by atoms with Gasteiger partial charge in [0.2, 0.25) is 0 Å². The molecule has 2 unspecified atom stereocenters. The highest BCUT2D eigenvalue weighted by Gasteiger charge is 2.13. The van der Waals surface area contributed by atoms with Crippen molar-refractivity contribution in [2.75, 3.05) is 6.54 Å². The Hall–Kier alpha value is -0.610. The third-order valence-corrected chi connectivity index (χ3v) is 1.37. The van der Waals surface area contributed by atoms with Crippen molar-refractivity contribution in [3.05, 3.63) is 0 Å². The predicted molar refractivity (Wildman–Crippen MR) is 41.4 cm³/mol. The molecule has 0 radical (unpaired) electrons. The smallest absolute Gasteiger partial charge is 0.320 e. The molecule has 2 atom stereocenters. The van der Waals surface area contributed by atoms with Crippen molar-refractivity contribution < 1.29 is 15.0 Å². The predicted octanol–water partition coefficient (Wildman–Crippen LogP) is -0.180. The molecule has 4 heteroatoms. The maximum absolute atomic E-state index is 10.4. The van der Waals surface area contributed by atoms with Gasteiger partial charge in [-0.15, -0.1) is 0 Å². The summed E-state index contributed by atoms with van der Waals surface area (Å²) in [4.78, 5) is 10.4. The van der Waals surface area contributed by atoms with Crippen LogP contribution < -0.4 is 5.32 Å². The Morgan fingerprint density at radius 3 is 2.45 bits per heavy atom. The number of aliphatic hydroxyl groups excluding tert-OH is 1. The highest BCUT2D eigenvalue weighted by molar-refractivity contribution is 5.73. The number of carbonyl (C=O) groups is 1. The van der Waals surface area contributed by atoms with E-state index in [-0.39, 0.29) is 0 Å². The summed E-state index contributed by atoms with van der Waals surface area (Å²) in [5.74, 6) is -0.867. The van der Waals surface area contributed by atoms with E-state index in [1.54, 1.807) is 13.8 Å². The van der Waals surface area contributed by atoms with Gasteiger partial charge in [0.25, 0.3) is 0 Å². The molecular weight excluding hydrogens is 146 g/mol. The summed E-state index contributed by atoms with van der Waals surface area (Å²) in [7, 11) is 0. The van der Waals surface area contributed by atoms with Gasteiger partial charge in [-0.1, -0.05) is 6.92 Å². The van der Waals surface area contributed by atoms with E-state index in [2.05, 4.69) is 5.32 Å². The van der Waals surface area contributed by atoms with Gasteiger partial charge in [-0.2, -0.15) is 0 Å². The van der Waals surface area contributed by atoms with E-state index >= 15 is 0 Å². The monoisotopic (exact) mass is 161 g/mol. The molecule has 0 aliphatic carbocycles. The third-order valence-electron chi connectivity index (χ3n) is 1.37. The lowest BCUT2D eigenvalue weighted by molar-refractivity contribution is -0.139. The van der Waals surface area contributed by atoms with Crippen LogP contribution in [0, 0.1) is 0 Å². The van der Waals surface area contributed by atoms with Gasteiger partial charge < -0.3 is 15.5 Å². The van der Waals surface area contributed by atoms with Crippen molar-refractivity contribution in [1.29, 1.82) is 0 Å². The molecule has 66 valence electrons. The number of aliphatic carboxylic acids is 1. The maximum atomic E-state index is 10.4. The molecule has 4 nitrogen and oxygen atoms in total. The topological polar surface area (TPSA) is 69.6 Å². The molecule has 0 fully saturated rings. The van der Waals surface area contributed by atoms with Gasteiger partial charge in [0.15, 0.2) is 0 Å². The highest BCUT2D eigenvalue weighted by Crippen LogP contribution is 1.90. The Balaban J connectivity index is 3.61. The van der Waals surface area contributed by atoms with Crippen molar-refractivity contribution >= 4 is 5.97 Å². The number of hydrogen-bond donors (Lipinski definition) is 3. The standard InChI is InChI=1S/C7H15NO3/c1-3-6(7(10)11)8-4-5(2)9/h5-6,8-9H,3-4H2,1-2H3,(H,10,11). The van der Waals surface area contributed by atoms with Crippen LogP contribution in [0.1, 0.15) is 20.3 Å². The van der Waals surface area contributed by atoms with Gasteiger partial charge in [-0.3, -0.25) is 4.79 Å². The van der Waals surface area contributed by atoms with E-state index in [1.165, 1.54) is 0 Å². The quantitative estimate of drug-likeness (QED) is 0.523. The molecule has 0 heterocycles. The van der Waals surface area contributed by atoms with Crippen LogP contribution >= 0.6 is 0 Å². The minimum Gasteiger partial charge on any atom is -0.480 e. The molecule has 3 N–H and O–H groups in total. The minimum atomic E-state index is -0.867. The van der Waals surface area contributed by atoms with Crippen LogP contribution in [0.5, 0.6) is 0 Å². The second kappa shape index (κ2) is 5.09. The van der Waals surface area contributed by atoms with Crippen LogP contribution in [-0.2, 0) is 4.79 Å². The van der Waals surface area contributed by atoms with Gasteiger partial charge >= 0.3 is 5.97 Å². The summed E-state index contributed by atoms with van der Waals surface area (Å²) < 4.78 is 0. The normalized spacial score (nSPS) is 15.9. The molecule has 0 aromatic rings. The van der Waals surface area contributed by atoms with Crippen molar-refractivity contribution in [1.82, 2.24) is 5.32 Å². The molecule has 0 saturated carbocycles. The van der Waals surface area contributed by atoms with E-state index in [0.717, 1.165) is 0 Å². The lowest BCUT2D eigenvalue weighted by atomic mass is 10.2. The third kappa shape index (κ3) is 4.75. The fraction of sp³-hybridized carbons (Fsp3) is 0.857. The molecule has 0 aliphatic rings. The lowest BCUT2D eigenvalue weighted by Crippen LogP contribution is -2.39. The van der Waals surface area contributed by atoms with Gasteiger partial charge in [-0.25, -0.2) is 0 Å². The van der Waals surface area contributed by atoms with Crippen molar-refractivity contribution in [3.8, 4) is 0 Å². The highest BCUT2D eigenvalue weighted by atomic mass is 16.4. The number of carboxylic acid groups (broad SMARTS) is 1. The number of aliphatic hydroxyl groups is 1. The zero-order chi connectivity index (χ0) is 8.85. The average Bonchev–Trinajstić information content (AvgIpc) is 1.87. The fourth-order valence-corrected chi connectivity index (χ4v) is 0.719. The summed E-state index contributed by atoms with van der Waals surface area (Å²) >= 11 is 0. The first-order valence-corrected chi connectivity index (χ1v) is 3.72. The summed E-state index contributed by atoms with van der Waals surface area (Å²) in [5.41, 5.74) is 0. The summed E-state index contributed by atoms with van der Waals surface area (Å²) in [6, 6.07) is -0.537. The Morgan fingerprint density at radius 1 is 1.64 bits per heavy atom. The van der Waals surface area contributed by atoms with E-state index in [4.69, 9.17) is 10.2 Å². The minimum absolute atomic E-state index is 0.324. The van der Waals surface area contributed by atoms with E-state index in [9.17, 15) is 4.79 Å². The second-order valence-corrected chi connectivity index (χ2v) is 2.56. The first-order valence-electron chi connectivity index (χ1n) is 3.72. The average molecular weight is 161 g/mol. The Labute approximate surface area is 66.2 Å². The van der Waals surface area contributed by atoms with E-state index < -0.39 is 18.1 Å². The molecule has 0 aliphatic heterocycles. The van der Waals surface area contributed by atoms with Gasteiger partial charge in [0, 0.05) is 6.54 Å². The molecular formula is C7H15NO3. The largest absolute Gasteiger partial charge is 0.480 e. The molecule has 11 heavy (non-hydrogen) atoms. The molecule has 0 aromatic carbocycles. The number of rotatable bonds is 5. The maximum Gasteiger partial charge on any atom is 0.320 e. The van der Waals surface area contributed by atoms with Crippen LogP contribution in [0.3, 0.4) is 0 Å². The first kappa shape index (κ1) is 10.4. The van der Waals surface area contributed by atoms with E-state index in [1.807, 2.05) is 0 Å². The van der Waals surface area contributed by atoms with Gasteiger partial charge in [0.05, 0.1) is 6.10 Å². The molecule has 0 aromatic heterocycles. The lowest BCUT2D eigenvalue weighted by Gasteiger charge is -2.12. The van der Waals surface area contributed by atoms with E-state index in [0.29, 0.717) is 13.0 Å². The zero-order valence-electron chi connectivity index (χ0n) is 6.87. The van der Waals surface area contributed by atoms with Gasteiger partial charge in [-0.05, 0) is 13.3 Å². The van der Waals surface area contributed by atoms with Crippen LogP contribution in [0.15, 0.2) is 0 Å². The fourth-order valence-electron chi connectivity index (χ4n) is 0.719. The molecule has 0 rings (SSSR count). The first-order chi connectivity index (χ1) is 5.07. The number of carboxylic acids is 1. The molecule has 0 bridgehead atoms. The van der Waals surface area contributed by atoms with Crippen molar-refractivity contribution in [2.45, 2.75) is 32.4 Å². The SMILES string of the molecule is CCC(NCC(C)O)C(=O)O. The Bertz CT molecular complexity index is 125. The Morgan fingerprint density at radius 2 is 2.18 bits per heavy atom. The summed E-state index contributed by atoms with van der Waals surface area (Å²) in [5, 5.41) is 20.1. The van der Waals surface area contributed by atoms with Crippen LogP contribution in [-0.4, -0.2) is 34.9 Å². The van der Waals surface area contributed by atoms with Crippen molar-refractivity contribution in [3.63, 3.8) is 0 Å². The zero-order valence-corrected chi connectivity index (χ0v) is 6.87. The summed E-state index contributed by atoms with van der Waals surface area (Å²) in [6.07, 6.45) is 0.0330. The van der Waals surface area contributed by atoms with Gasteiger partial charge in [0.1, 0.15) is 6.04 Å².